The molecule has 3 heterocycles. The van der Waals surface area contributed by atoms with E-state index in [1.807, 2.05) is 13.1 Å². The molecular weight excluding hydrogens is 462 g/mol. The predicted molar refractivity (Wildman–Crippen MR) is 149 cm³/mol. The minimum atomic E-state index is 0.305. The van der Waals surface area contributed by atoms with E-state index < -0.39 is 0 Å². The fourth-order valence-electron chi connectivity index (χ4n) is 5.96. The van der Waals surface area contributed by atoms with Crippen LogP contribution in [0.3, 0.4) is 0 Å². The summed E-state index contributed by atoms with van der Waals surface area (Å²) in [7, 11) is 2.14. The highest BCUT2D eigenvalue weighted by atomic mass is 16.2. The number of fused-ring (bicyclic) bond motifs is 1. The van der Waals surface area contributed by atoms with Crippen LogP contribution < -0.4 is 17.2 Å². The lowest BCUT2D eigenvalue weighted by atomic mass is 9.87. The molecular formula is C29H41N7O. The Hall–Kier alpha value is -3.26. The monoisotopic (exact) mass is 503 g/mol. The molecule has 0 unspecified atom stereocenters. The van der Waals surface area contributed by atoms with Gasteiger partial charge in [-0.25, -0.2) is 0 Å². The molecule has 5 rings (SSSR count). The number of H-pyrrole nitrogens is 1. The van der Waals surface area contributed by atoms with Crippen LogP contribution in [0.25, 0.3) is 22.2 Å². The maximum Gasteiger partial charge on any atom is 0.223 e. The minimum Gasteiger partial charge on any atom is -0.354 e. The van der Waals surface area contributed by atoms with Crippen molar-refractivity contribution >= 4 is 16.8 Å². The lowest BCUT2D eigenvalue weighted by molar-refractivity contribution is -0.132. The number of hydrogen-bond acceptors (Lipinski definition) is 5. The maximum atomic E-state index is 12.8. The van der Waals surface area contributed by atoms with Crippen molar-refractivity contribution in [3.8, 4) is 11.3 Å². The minimum absolute atomic E-state index is 0.305. The second kappa shape index (κ2) is 10.2. The van der Waals surface area contributed by atoms with Crippen LogP contribution in [-0.2, 0) is 4.79 Å². The van der Waals surface area contributed by atoms with E-state index in [2.05, 4.69) is 65.0 Å². The van der Waals surface area contributed by atoms with Crippen LogP contribution in [0.5, 0.6) is 0 Å². The summed E-state index contributed by atoms with van der Waals surface area (Å²) in [5.41, 5.74) is 7.38. The summed E-state index contributed by atoms with van der Waals surface area (Å²) in [4.78, 5) is 20.8. The molecule has 3 aromatic rings. The predicted octanol–water partition coefficient (Wildman–Crippen LogP) is 3.75. The first-order chi connectivity index (χ1) is 17.8. The molecule has 8 heteroatoms. The van der Waals surface area contributed by atoms with Gasteiger partial charge < -0.3 is 26.5 Å². The third-order valence-electron chi connectivity index (χ3n) is 8.27. The second-order valence-corrected chi connectivity index (χ2v) is 11.3. The van der Waals surface area contributed by atoms with Gasteiger partial charge in [0.05, 0.1) is 5.69 Å². The number of piperidine rings is 1. The Kier molecular flexibility index (Phi) is 7.03. The highest BCUT2D eigenvalue weighted by molar-refractivity contribution is 5.92. The van der Waals surface area contributed by atoms with Gasteiger partial charge in [-0.15, -0.1) is 0 Å². The molecule has 1 saturated carbocycles. The van der Waals surface area contributed by atoms with Crippen molar-refractivity contribution in [2.75, 3.05) is 32.5 Å². The SMILES string of the molecule is Cc1cc(-c2[nH]c3ccc(C4CCN(C(=O)CCN(C)C5CC5)CC4)cc3c2C(C)C)cn(N)/c1=N\N. The molecule has 8 nitrogen and oxygen atoms in total. The molecule has 2 fully saturated rings. The van der Waals surface area contributed by atoms with E-state index >= 15 is 0 Å². The molecule has 0 spiro atoms. The normalized spacial score (nSPS) is 17.5. The Bertz CT molecular complexity index is 1330. The van der Waals surface area contributed by atoms with Crippen LogP contribution >= 0.6 is 0 Å². The Morgan fingerprint density at radius 2 is 1.92 bits per heavy atom. The molecule has 2 aliphatic rings. The van der Waals surface area contributed by atoms with E-state index in [9.17, 15) is 4.79 Å². The zero-order valence-electron chi connectivity index (χ0n) is 22.6. The summed E-state index contributed by atoms with van der Waals surface area (Å²) in [6, 6.07) is 9.62. The number of pyridine rings is 1. The van der Waals surface area contributed by atoms with Gasteiger partial charge in [0.15, 0.2) is 5.49 Å². The van der Waals surface area contributed by atoms with Crippen LogP contribution in [0.2, 0.25) is 0 Å². The van der Waals surface area contributed by atoms with Gasteiger partial charge >= 0.3 is 0 Å². The number of amides is 1. The molecule has 1 aromatic carbocycles. The number of hydrogen-bond donors (Lipinski definition) is 3. The molecule has 0 bridgehead atoms. The number of nitrogens with one attached hydrogen (secondary N) is 1. The molecule has 5 N–H and O–H groups in total. The number of carbonyl (C=O) groups is 1. The molecule has 2 aromatic heterocycles. The maximum absolute atomic E-state index is 12.8. The van der Waals surface area contributed by atoms with E-state index in [1.165, 1.54) is 34.0 Å². The van der Waals surface area contributed by atoms with Crippen molar-refractivity contribution in [2.24, 2.45) is 10.9 Å². The molecule has 1 aliphatic heterocycles. The zero-order chi connectivity index (χ0) is 26.3. The smallest absolute Gasteiger partial charge is 0.223 e. The number of carbonyl (C=O) groups excluding carboxylic acids is 1. The van der Waals surface area contributed by atoms with E-state index in [0.717, 1.165) is 54.8 Å². The van der Waals surface area contributed by atoms with Crippen LogP contribution in [-0.4, -0.2) is 58.1 Å². The van der Waals surface area contributed by atoms with Gasteiger partial charge in [-0.05, 0) is 86.4 Å². The Labute approximate surface area is 219 Å². The van der Waals surface area contributed by atoms with Gasteiger partial charge in [-0.1, -0.05) is 19.9 Å². The van der Waals surface area contributed by atoms with Crippen LogP contribution in [0.4, 0.5) is 0 Å². The average molecular weight is 504 g/mol. The van der Waals surface area contributed by atoms with E-state index in [1.54, 1.807) is 0 Å². The largest absolute Gasteiger partial charge is 0.354 e. The number of nitrogen functional groups attached to an aromatic ring is 1. The third-order valence-corrected chi connectivity index (χ3v) is 8.27. The first-order valence-corrected chi connectivity index (χ1v) is 13.6. The quantitative estimate of drug-likeness (QED) is 0.337. The topological polar surface area (TPSA) is 109 Å². The highest BCUT2D eigenvalue weighted by Crippen LogP contribution is 2.38. The van der Waals surface area contributed by atoms with E-state index in [0.29, 0.717) is 35.7 Å². The fraction of sp³-hybridized carbons (Fsp3) is 0.517. The summed E-state index contributed by atoms with van der Waals surface area (Å²) in [5.74, 6) is 12.8. The lowest BCUT2D eigenvalue weighted by Crippen LogP contribution is -2.39. The number of aryl methyl sites for hydroxylation is 1. The molecule has 37 heavy (non-hydrogen) atoms. The Morgan fingerprint density at radius 1 is 1.19 bits per heavy atom. The average Bonchev–Trinajstić information content (AvgIpc) is 3.66. The van der Waals surface area contributed by atoms with Crippen LogP contribution in [0.1, 0.15) is 74.5 Å². The number of nitrogens with zero attached hydrogens (tertiary/aromatic N) is 4. The van der Waals surface area contributed by atoms with Gasteiger partial charge in [-0.2, -0.15) is 5.10 Å². The van der Waals surface area contributed by atoms with Crippen LogP contribution in [0.15, 0.2) is 35.6 Å². The molecule has 1 saturated heterocycles. The van der Waals surface area contributed by atoms with Gasteiger partial charge in [-0.3, -0.25) is 9.47 Å². The van der Waals surface area contributed by atoms with Crippen molar-refractivity contribution in [2.45, 2.75) is 70.8 Å². The molecule has 0 atom stereocenters. The van der Waals surface area contributed by atoms with E-state index in [-0.39, 0.29) is 0 Å². The summed E-state index contributed by atoms with van der Waals surface area (Å²) in [6.45, 7) is 9.00. The molecule has 198 valence electrons. The summed E-state index contributed by atoms with van der Waals surface area (Å²) in [6.07, 6.45) is 7.11. The summed E-state index contributed by atoms with van der Waals surface area (Å²) >= 11 is 0. The highest BCUT2D eigenvalue weighted by Gasteiger charge is 2.28. The Morgan fingerprint density at radius 3 is 2.54 bits per heavy atom. The van der Waals surface area contributed by atoms with E-state index in [4.69, 9.17) is 11.7 Å². The first-order valence-electron chi connectivity index (χ1n) is 13.6. The number of likely N-dealkylation sites (tertiary alicyclic amines) is 1. The van der Waals surface area contributed by atoms with Crippen molar-refractivity contribution < 1.29 is 4.79 Å². The molecule has 1 amide bonds. The van der Waals surface area contributed by atoms with Gasteiger partial charge in [0.25, 0.3) is 0 Å². The number of nitrogens with two attached hydrogens (primary N) is 2. The Balaban J connectivity index is 1.35. The number of rotatable bonds is 7. The van der Waals surface area contributed by atoms with Crippen molar-refractivity contribution in [1.82, 2.24) is 19.5 Å². The molecule has 0 radical (unpaired) electrons. The van der Waals surface area contributed by atoms with Crippen molar-refractivity contribution in [3.63, 3.8) is 0 Å². The van der Waals surface area contributed by atoms with Gasteiger partial charge in [0.2, 0.25) is 5.91 Å². The summed E-state index contributed by atoms with van der Waals surface area (Å²) < 4.78 is 1.49. The fourth-order valence-corrected chi connectivity index (χ4v) is 5.96. The van der Waals surface area contributed by atoms with Crippen LogP contribution in [0, 0.1) is 6.92 Å². The van der Waals surface area contributed by atoms with Crippen molar-refractivity contribution in [3.05, 3.63) is 52.6 Å². The van der Waals surface area contributed by atoms with Gasteiger partial charge in [0, 0.05) is 54.8 Å². The second-order valence-electron chi connectivity index (χ2n) is 11.3. The number of aromatic nitrogens is 2. The van der Waals surface area contributed by atoms with Gasteiger partial charge in [0.1, 0.15) is 0 Å². The molecule has 1 aliphatic carbocycles. The third kappa shape index (κ3) is 5.12. The summed E-state index contributed by atoms with van der Waals surface area (Å²) in [5, 5.41) is 5.07. The van der Waals surface area contributed by atoms with Crippen molar-refractivity contribution in [1.29, 1.82) is 0 Å². The lowest BCUT2D eigenvalue weighted by Gasteiger charge is -2.33. The standard InChI is InChI=1S/C29H41N7O/c1-18(2)27-24-16-21(20-9-13-35(14-10-20)26(37)11-12-34(4)23-6-7-23)5-8-25(24)32-28(27)22-15-19(3)29(33-30)36(31)17-22/h5,8,15-18,20,23,32H,6-7,9-14,30-31H2,1-4H3/b33-29-. The number of benzene rings is 1. The number of aromatic amines is 1. The first kappa shape index (κ1) is 25.4. The zero-order valence-corrected chi connectivity index (χ0v) is 22.6.